The average Bonchev–Trinajstić information content (AvgIpc) is 2.87. The predicted octanol–water partition coefficient (Wildman–Crippen LogP) is 4.94. The smallest absolute Gasteiger partial charge is 0.262 e. The maximum atomic E-state index is 12.7. The second-order valence-corrected chi connectivity index (χ2v) is 9.38. The van der Waals surface area contributed by atoms with Crippen molar-refractivity contribution in [2.45, 2.75) is 46.8 Å². The van der Waals surface area contributed by atoms with Crippen molar-refractivity contribution in [2.24, 2.45) is 11.0 Å². The van der Waals surface area contributed by atoms with E-state index in [0.29, 0.717) is 18.8 Å². The molecule has 3 rings (SSSR count). The van der Waals surface area contributed by atoms with Crippen molar-refractivity contribution in [2.75, 3.05) is 6.61 Å². The quantitative estimate of drug-likeness (QED) is 0.272. The Kier molecular flexibility index (Phi) is 10.3. The summed E-state index contributed by atoms with van der Waals surface area (Å²) in [6, 6.07) is 22.4. The molecule has 0 saturated heterocycles. The highest BCUT2D eigenvalue weighted by atomic mass is 16.5. The Morgan fingerprint density at radius 2 is 1.70 bits per heavy atom. The fraction of sp³-hybridized carbons (Fsp3) is 0.300. The van der Waals surface area contributed by atoms with Crippen molar-refractivity contribution in [1.29, 1.82) is 0 Å². The van der Waals surface area contributed by atoms with Crippen molar-refractivity contribution in [3.05, 3.63) is 95.1 Å². The summed E-state index contributed by atoms with van der Waals surface area (Å²) in [5, 5.41) is 6.83. The monoisotopic (exact) mass is 501 g/mol. The summed E-state index contributed by atoms with van der Waals surface area (Å²) < 4.78 is 11.4. The van der Waals surface area contributed by atoms with Gasteiger partial charge < -0.3 is 14.8 Å². The van der Waals surface area contributed by atoms with E-state index in [2.05, 4.69) is 34.9 Å². The number of carbonyl (C=O) groups excluding carboxylic acids is 2. The molecule has 194 valence electrons. The van der Waals surface area contributed by atoms with Gasteiger partial charge >= 0.3 is 0 Å². The van der Waals surface area contributed by atoms with Gasteiger partial charge in [0.05, 0.1) is 6.21 Å². The van der Waals surface area contributed by atoms with Crippen LogP contribution in [0.3, 0.4) is 0 Å². The van der Waals surface area contributed by atoms with Gasteiger partial charge in [-0.2, -0.15) is 5.10 Å². The van der Waals surface area contributed by atoms with Crippen LogP contribution in [0.1, 0.15) is 42.5 Å². The number of aryl methyl sites for hydroxylation is 2. The van der Waals surface area contributed by atoms with Crippen LogP contribution in [-0.2, 0) is 16.2 Å². The highest BCUT2D eigenvalue weighted by molar-refractivity contribution is 5.89. The Bertz CT molecular complexity index is 1210. The van der Waals surface area contributed by atoms with Crippen LogP contribution < -0.4 is 20.2 Å². The van der Waals surface area contributed by atoms with E-state index in [1.807, 2.05) is 75.4 Å². The van der Waals surface area contributed by atoms with Crippen LogP contribution in [0, 0.1) is 19.8 Å². The standard InChI is InChI=1S/C30H35N3O4/c1-21(2)16-27(32-29(34)20-37-28-11-6-5-9-23(28)4)30(35)33-31-18-24-12-14-26(15-13-24)36-19-25-10-7-8-22(3)17-25/h5-15,17-18,21,27H,16,19-20H2,1-4H3,(H,32,34)(H,33,35)/b31-18-/t27-/m1/s1. The molecule has 0 aliphatic heterocycles. The van der Waals surface area contributed by atoms with Gasteiger partial charge in [0.2, 0.25) is 0 Å². The maximum absolute atomic E-state index is 12.7. The summed E-state index contributed by atoms with van der Waals surface area (Å²) >= 11 is 0. The molecule has 0 aromatic heterocycles. The van der Waals surface area contributed by atoms with Crippen LogP contribution in [0.25, 0.3) is 0 Å². The van der Waals surface area contributed by atoms with Gasteiger partial charge in [-0.15, -0.1) is 0 Å². The molecular formula is C30H35N3O4. The molecule has 7 heteroatoms. The summed E-state index contributed by atoms with van der Waals surface area (Å²) in [6.45, 7) is 8.26. The lowest BCUT2D eigenvalue weighted by atomic mass is 10.0. The first-order chi connectivity index (χ1) is 17.8. The number of ether oxygens (including phenoxy) is 2. The molecule has 0 heterocycles. The summed E-state index contributed by atoms with van der Waals surface area (Å²) in [4.78, 5) is 25.2. The molecule has 0 aliphatic rings. The van der Waals surface area contributed by atoms with Gasteiger partial charge in [-0.25, -0.2) is 5.43 Å². The van der Waals surface area contributed by atoms with E-state index in [9.17, 15) is 9.59 Å². The Hall–Kier alpha value is -4.13. The van der Waals surface area contributed by atoms with Gasteiger partial charge in [0.1, 0.15) is 24.1 Å². The molecule has 7 nitrogen and oxygen atoms in total. The van der Waals surface area contributed by atoms with Crippen LogP contribution in [-0.4, -0.2) is 30.7 Å². The first-order valence-electron chi connectivity index (χ1n) is 12.4. The van der Waals surface area contributed by atoms with Gasteiger partial charge in [0.15, 0.2) is 6.61 Å². The molecule has 0 saturated carbocycles. The van der Waals surface area contributed by atoms with Crippen molar-refractivity contribution < 1.29 is 19.1 Å². The lowest BCUT2D eigenvalue weighted by Crippen LogP contribution is -2.47. The minimum atomic E-state index is -0.720. The molecule has 1 atom stereocenters. The van der Waals surface area contributed by atoms with Gasteiger partial charge in [-0.1, -0.05) is 61.9 Å². The van der Waals surface area contributed by atoms with Crippen LogP contribution in [0.5, 0.6) is 11.5 Å². The molecule has 37 heavy (non-hydrogen) atoms. The number of carbonyl (C=O) groups is 2. The van der Waals surface area contributed by atoms with E-state index in [1.165, 1.54) is 5.56 Å². The fourth-order valence-electron chi connectivity index (χ4n) is 3.67. The first kappa shape index (κ1) is 27.5. The van der Waals surface area contributed by atoms with Crippen molar-refractivity contribution in [3.8, 4) is 11.5 Å². The van der Waals surface area contributed by atoms with Crippen LogP contribution in [0.4, 0.5) is 0 Å². The normalized spacial score (nSPS) is 11.8. The maximum Gasteiger partial charge on any atom is 0.262 e. The number of hydrogen-bond acceptors (Lipinski definition) is 5. The van der Waals surface area contributed by atoms with Crippen molar-refractivity contribution in [1.82, 2.24) is 10.7 Å². The zero-order valence-corrected chi connectivity index (χ0v) is 21.9. The zero-order chi connectivity index (χ0) is 26.6. The molecule has 0 unspecified atom stereocenters. The minimum Gasteiger partial charge on any atom is -0.489 e. The Balaban J connectivity index is 1.49. The number of benzene rings is 3. The number of para-hydroxylation sites is 1. The molecule has 0 radical (unpaired) electrons. The number of hydrazone groups is 1. The van der Waals surface area contributed by atoms with Gasteiger partial charge in [-0.05, 0) is 73.2 Å². The minimum absolute atomic E-state index is 0.172. The molecule has 2 amide bonds. The third kappa shape index (κ3) is 9.44. The van der Waals surface area contributed by atoms with E-state index >= 15 is 0 Å². The van der Waals surface area contributed by atoms with E-state index < -0.39 is 6.04 Å². The SMILES string of the molecule is Cc1cccc(COc2ccc(/C=N\NC(=O)[C@@H](CC(C)C)NC(=O)COc3ccccc3C)cc2)c1. The molecule has 3 aromatic rings. The van der Waals surface area contributed by atoms with Crippen molar-refractivity contribution >= 4 is 18.0 Å². The second-order valence-electron chi connectivity index (χ2n) is 9.38. The molecule has 0 bridgehead atoms. The van der Waals surface area contributed by atoms with Crippen LogP contribution in [0.15, 0.2) is 77.9 Å². The third-order valence-corrected chi connectivity index (χ3v) is 5.57. The highest BCUT2D eigenvalue weighted by Crippen LogP contribution is 2.16. The molecule has 0 fully saturated rings. The van der Waals surface area contributed by atoms with Gasteiger partial charge in [0.25, 0.3) is 11.8 Å². The zero-order valence-electron chi connectivity index (χ0n) is 21.9. The highest BCUT2D eigenvalue weighted by Gasteiger charge is 2.22. The summed E-state index contributed by atoms with van der Waals surface area (Å²) in [7, 11) is 0. The van der Waals surface area contributed by atoms with Crippen LogP contribution in [0.2, 0.25) is 0 Å². The summed E-state index contributed by atoms with van der Waals surface area (Å²) in [5.74, 6) is 0.834. The first-order valence-corrected chi connectivity index (χ1v) is 12.4. The van der Waals surface area contributed by atoms with E-state index in [0.717, 1.165) is 22.4 Å². The molecule has 0 aliphatic carbocycles. The van der Waals surface area contributed by atoms with E-state index in [-0.39, 0.29) is 24.3 Å². The van der Waals surface area contributed by atoms with Gasteiger partial charge in [-0.3, -0.25) is 9.59 Å². The topological polar surface area (TPSA) is 89.0 Å². The number of nitrogens with zero attached hydrogens (tertiary/aromatic N) is 1. The largest absolute Gasteiger partial charge is 0.489 e. The van der Waals surface area contributed by atoms with Crippen LogP contribution >= 0.6 is 0 Å². The molecule has 3 aromatic carbocycles. The Labute approximate surface area is 218 Å². The molecule has 2 N–H and O–H groups in total. The predicted molar refractivity (Wildman–Crippen MR) is 146 cm³/mol. The number of rotatable bonds is 12. The summed E-state index contributed by atoms with van der Waals surface area (Å²) in [5.41, 5.74) is 6.58. The number of hydrogen-bond donors (Lipinski definition) is 2. The number of amides is 2. The van der Waals surface area contributed by atoms with E-state index in [1.54, 1.807) is 12.3 Å². The Morgan fingerprint density at radius 1 is 0.946 bits per heavy atom. The third-order valence-electron chi connectivity index (χ3n) is 5.57. The van der Waals surface area contributed by atoms with E-state index in [4.69, 9.17) is 9.47 Å². The van der Waals surface area contributed by atoms with Crippen molar-refractivity contribution in [3.63, 3.8) is 0 Å². The average molecular weight is 502 g/mol. The number of nitrogens with one attached hydrogen (secondary N) is 2. The molecule has 0 spiro atoms. The Morgan fingerprint density at radius 3 is 2.41 bits per heavy atom. The summed E-state index contributed by atoms with van der Waals surface area (Å²) in [6.07, 6.45) is 2.03. The fourth-order valence-corrected chi connectivity index (χ4v) is 3.67. The lowest BCUT2D eigenvalue weighted by molar-refractivity contribution is -0.130. The lowest BCUT2D eigenvalue weighted by Gasteiger charge is -2.19. The van der Waals surface area contributed by atoms with Gasteiger partial charge in [0, 0.05) is 0 Å². The molecular weight excluding hydrogens is 466 g/mol. The second kappa shape index (κ2) is 13.8.